The number of nitrogens with two attached hydrogens (primary N) is 1. The van der Waals surface area contributed by atoms with Gasteiger partial charge in [0, 0.05) is 9.79 Å². The molecule has 0 radical (unpaired) electrons. The lowest BCUT2D eigenvalue weighted by atomic mass is 10.2. The Morgan fingerprint density at radius 3 is 2.40 bits per heavy atom. The van der Waals surface area contributed by atoms with E-state index >= 15 is 0 Å². The number of anilines is 1. The zero-order valence-electron chi connectivity index (χ0n) is 10.5. The molecule has 0 aliphatic heterocycles. The fraction of sp³-hybridized carbons (Fsp3) is 0.0667. The second kappa shape index (κ2) is 6.13. The molecule has 0 atom stereocenters. The number of nitrogens with zero attached hydrogens (tertiary/aromatic N) is 1. The van der Waals surface area contributed by atoms with Crippen molar-refractivity contribution in [3.63, 3.8) is 0 Å². The van der Waals surface area contributed by atoms with E-state index in [9.17, 15) is 4.79 Å². The summed E-state index contributed by atoms with van der Waals surface area (Å²) in [4.78, 5) is 12.5. The molecular weight excluding hydrogens is 272 g/mol. The number of carboxylic acids is 1. The number of rotatable bonds is 4. The van der Waals surface area contributed by atoms with Gasteiger partial charge in [0.25, 0.3) is 0 Å². The van der Waals surface area contributed by atoms with Gasteiger partial charge in [0.1, 0.15) is 6.07 Å². The lowest BCUT2D eigenvalue weighted by molar-refractivity contribution is -0.136. The van der Waals surface area contributed by atoms with Crippen molar-refractivity contribution in [2.75, 3.05) is 5.73 Å². The highest BCUT2D eigenvalue weighted by Crippen LogP contribution is 2.30. The van der Waals surface area contributed by atoms with E-state index in [-0.39, 0.29) is 6.42 Å². The van der Waals surface area contributed by atoms with Crippen molar-refractivity contribution in [2.45, 2.75) is 16.2 Å². The number of aliphatic carboxylic acids is 1. The topological polar surface area (TPSA) is 87.1 Å². The molecule has 0 spiro atoms. The lowest BCUT2D eigenvalue weighted by Gasteiger charge is -2.05. The molecule has 4 nitrogen and oxygen atoms in total. The van der Waals surface area contributed by atoms with Crippen LogP contribution in [0.4, 0.5) is 5.69 Å². The monoisotopic (exact) mass is 284 g/mol. The van der Waals surface area contributed by atoms with Crippen LogP contribution in [0.25, 0.3) is 0 Å². The van der Waals surface area contributed by atoms with Crippen molar-refractivity contribution >= 4 is 23.4 Å². The van der Waals surface area contributed by atoms with E-state index in [1.54, 1.807) is 24.3 Å². The zero-order valence-corrected chi connectivity index (χ0v) is 11.4. The van der Waals surface area contributed by atoms with Crippen LogP contribution in [0.15, 0.2) is 52.3 Å². The van der Waals surface area contributed by atoms with Crippen LogP contribution in [0.2, 0.25) is 0 Å². The zero-order chi connectivity index (χ0) is 14.5. The molecule has 0 saturated heterocycles. The van der Waals surface area contributed by atoms with Crippen LogP contribution in [0.3, 0.4) is 0 Å². The van der Waals surface area contributed by atoms with E-state index in [1.807, 2.05) is 24.3 Å². The molecule has 2 rings (SSSR count). The number of nitrogen functional groups attached to an aromatic ring is 1. The summed E-state index contributed by atoms with van der Waals surface area (Å²) >= 11 is 1.51. The SMILES string of the molecule is N#Cc1ccc(Sc2ccc(CC(=O)O)cc2)cc1N. The molecule has 0 unspecified atom stereocenters. The Morgan fingerprint density at radius 1 is 1.20 bits per heavy atom. The third-order valence-corrected chi connectivity index (χ3v) is 3.66. The van der Waals surface area contributed by atoms with Crippen molar-refractivity contribution in [2.24, 2.45) is 0 Å². The van der Waals surface area contributed by atoms with Gasteiger partial charge in [-0.15, -0.1) is 0 Å². The summed E-state index contributed by atoms with van der Waals surface area (Å²) in [6.07, 6.45) is 0.0226. The molecule has 2 aromatic carbocycles. The van der Waals surface area contributed by atoms with Gasteiger partial charge in [-0.25, -0.2) is 0 Å². The molecule has 0 amide bonds. The molecule has 5 heteroatoms. The maximum atomic E-state index is 10.6. The van der Waals surface area contributed by atoms with E-state index in [2.05, 4.69) is 0 Å². The predicted octanol–water partition coefficient (Wildman–Crippen LogP) is 2.92. The van der Waals surface area contributed by atoms with Crippen LogP contribution < -0.4 is 5.73 Å². The molecule has 3 N–H and O–H groups in total. The smallest absolute Gasteiger partial charge is 0.307 e. The van der Waals surface area contributed by atoms with E-state index in [1.165, 1.54) is 11.8 Å². The van der Waals surface area contributed by atoms with E-state index in [4.69, 9.17) is 16.1 Å². The first-order chi connectivity index (χ1) is 9.58. The summed E-state index contributed by atoms with van der Waals surface area (Å²) in [5.74, 6) is -0.842. The highest BCUT2D eigenvalue weighted by atomic mass is 32.2. The van der Waals surface area contributed by atoms with Gasteiger partial charge in [-0.2, -0.15) is 5.26 Å². The Kier molecular flexibility index (Phi) is 4.28. The number of carbonyl (C=O) groups is 1. The Balaban J connectivity index is 2.12. The van der Waals surface area contributed by atoms with Crippen molar-refractivity contribution in [3.8, 4) is 6.07 Å². The highest BCUT2D eigenvalue weighted by molar-refractivity contribution is 7.99. The molecule has 0 bridgehead atoms. The quantitative estimate of drug-likeness (QED) is 0.843. The summed E-state index contributed by atoms with van der Waals surface area (Å²) in [5.41, 5.74) is 7.45. The minimum Gasteiger partial charge on any atom is -0.481 e. The van der Waals surface area contributed by atoms with Gasteiger partial charge in [0.2, 0.25) is 0 Å². The first-order valence-electron chi connectivity index (χ1n) is 5.86. The number of benzene rings is 2. The predicted molar refractivity (Wildman–Crippen MR) is 77.5 cm³/mol. The van der Waals surface area contributed by atoms with E-state index in [0.717, 1.165) is 15.4 Å². The maximum Gasteiger partial charge on any atom is 0.307 e. The number of hydrogen-bond acceptors (Lipinski definition) is 4. The van der Waals surface area contributed by atoms with E-state index in [0.29, 0.717) is 11.3 Å². The minimum atomic E-state index is -0.842. The molecule has 0 heterocycles. The first kappa shape index (κ1) is 14.0. The van der Waals surface area contributed by atoms with Crippen LogP contribution in [0.5, 0.6) is 0 Å². The first-order valence-corrected chi connectivity index (χ1v) is 6.68. The molecular formula is C15H12N2O2S. The Bertz CT molecular complexity index is 675. The summed E-state index contributed by atoms with van der Waals surface area (Å²) in [6.45, 7) is 0. The third-order valence-electron chi connectivity index (χ3n) is 2.66. The minimum absolute atomic E-state index is 0.0226. The largest absolute Gasteiger partial charge is 0.481 e. The normalized spacial score (nSPS) is 9.95. The summed E-state index contributed by atoms with van der Waals surface area (Å²) in [5, 5.41) is 17.5. The highest BCUT2D eigenvalue weighted by Gasteiger charge is 2.04. The van der Waals surface area contributed by atoms with Crippen LogP contribution in [0, 0.1) is 11.3 Å². The van der Waals surface area contributed by atoms with Gasteiger partial charge in [0.05, 0.1) is 17.7 Å². The fourth-order valence-electron chi connectivity index (χ4n) is 1.69. The van der Waals surface area contributed by atoms with Gasteiger partial charge in [0.15, 0.2) is 0 Å². The second-order valence-electron chi connectivity index (χ2n) is 4.18. The lowest BCUT2D eigenvalue weighted by Crippen LogP contribution is -1.99. The Morgan fingerprint density at radius 2 is 1.85 bits per heavy atom. The maximum absolute atomic E-state index is 10.6. The second-order valence-corrected chi connectivity index (χ2v) is 5.32. The van der Waals surface area contributed by atoms with Crippen molar-refractivity contribution in [1.29, 1.82) is 5.26 Å². The standard InChI is InChI=1S/C15H12N2O2S/c16-9-11-3-6-13(8-14(11)17)20-12-4-1-10(2-5-12)7-15(18)19/h1-6,8H,7,17H2,(H,18,19). The van der Waals surface area contributed by atoms with Crippen LogP contribution >= 0.6 is 11.8 Å². The summed E-state index contributed by atoms with van der Waals surface area (Å²) in [6, 6.07) is 14.6. The average molecular weight is 284 g/mol. The van der Waals surface area contributed by atoms with Crippen LogP contribution in [0.1, 0.15) is 11.1 Å². The average Bonchev–Trinajstić information content (AvgIpc) is 2.41. The summed E-state index contributed by atoms with van der Waals surface area (Å²) in [7, 11) is 0. The number of nitriles is 1. The van der Waals surface area contributed by atoms with Gasteiger partial charge < -0.3 is 10.8 Å². The molecule has 0 aliphatic carbocycles. The van der Waals surface area contributed by atoms with Crippen LogP contribution in [-0.2, 0) is 11.2 Å². The van der Waals surface area contributed by atoms with Crippen molar-refractivity contribution in [1.82, 2.24) is 0 Å². The number of hydrogen-bond donors (Lipinski definition) is 2. The molecule has 0 saturated carbocycles. The molecule has 0 fully saturated rings. The van der Waals surface area contributed by atoms with Crippen molar-refractivity contribution < 1.29 is 9.90 Å². The molecule has 0 aromatic heterocycles. The molecule has 2 aromatic rings. The van der Waals surface area contributed by atoms with Gasteiger partial charge in [-0.1, -0.05) is 23.9 Å². The summed E-state index contributed by atoms with van der Waals surface area (Å²) < 4.78 is 0. The third kappa shape index (κ3) is 3.53. The van der Waals surface area contributed by atoms with E-state index < -0.39 is 5.97 Å². The van der Waals surface area contributed by atoms with Gasteiger partial charge >= 0.3 is 5.97 Å². The molecule has 20 heavy (non-hydrogen) atoms. The number of carboxylic acid groups (broad SMARTS) is 1. The molecule has 100 valence electrons. The fourth-order valence-corrected chi connectivity index (χ4v) is 2.56. The van der Waals surface area contributed by atoms with Crippen molar-refractivity contribution in [3.05, 3.63) is 53.6 Å². The Labute approximate surface area is 120 Å². The molecule has 0 aliphatic rings. The van der Waals surface area contributed by atoms with Crippen LogP contribution in [-0.4, -0.2) is 11.1 Å². The Hall–Kier alpha value is -2.45. The van der Waals surface area contributed by atoms with Gasteiger partial charge in [-0.05, 0) is 35.9 Å². The van der Waals surface area contributed by atoms with Gasteiger partial charge in [-0.3, -0.25) is 4.79 Å².